The normalized spacial score (nSPS) is 12.1. The summed E-state index contributed by atoms with van der Waals surface area (Å²) < 4.78 is 7.39. The van der Waals surface area contributed by atoms with E-state index in [0.29, 0.717) is 16.0 Å². The number of ether oxygens (including phenoxy) is 1. The highest BCUT2D eigenvalue weighted by Gasteiger charge is 2.16. The fourth-order valence-corrected chi connectivity index (χ4v) is 3.93. The van der Waals surface area contributed by atoms with Crippen molar-refractivity contribution < 1.29 is 9.53 Å². The standard InChI is InChI=1S/C23H19N3O3S/c1-3-13-25-21(27)18(15-24)23-26(17-10-5-4-6-11-17)22(28)20(30-23)14-16-9-7-8-12-19(16)29-2/h3-12,14H,1,13H2,2H3,(H,25,27)/b20-14-,23-18-. The molecule has 1 heterocycles. The molecule has 150 valence electrons. The van der Waals surface area contributed by atoms with Gasteiger partial charge in [-0.25, -0.2) is 0 Å². The van der Waals surface area contributed by atoms with Crippen LogP contribution >= 0.6 is 11.3 Å². The number of carbonyl (C=O) groups excluding carboxylic acids is 1. The fraction of sp³-hybridized carbons (Fsp3) is 0.0870. The molecule has 0 atom stereocenters. The Morgan fingerprint density at radius 3 is 2.60 bits per heavy atom. The number of nitrogens with one attached hydrogen (secondary N) is 1. The van der Waals surface area contributed by atoms with Gasteiger partial charge in [-0.3, -0.25) is 14.2 Å². The minimum absolute atomic E-state index is 0.137. The Balaban J connectivity index is 2.37. The third-order valence-electron chi connectivity index (χ3n) is 4.22. The molecule has 0 radical (unpaired) electrons. The summed E-state index contributed by atoms with van der Waals surface area (Å²) in [5.74, 6) is 0.0542. The number of nitrogens with zero attached hydrogens (tertiary/aromatic N) is 2. The summed E-state index contributed by atoms with van der Waals surface area (Å²) >= 11 is 1.08. The molecule has 0 fully saturated rings. The van der Waals surface area contributed by atoms with E-state index in [2.05, 4.69) is 11.9 Å². The van der Waals surface area contributed by atoms with Crippen molar-refractivity contribution in [2.75, 3.05) is 13.7 Å². The van der Waals surface area contributed by atoms with Gasteiger partial charge in [0, 0.05) is 12.1 Å². The molecule has 0 spiro atoms. The van der Waals surface area contributed by atoms with Crippen molar-refractivity contribution in [2.24, 2.45) is 0 Å². The van der Waals surface area contributed by atoms with Crippen LogP contribution in [0.5, 0.6) is 5.75 Å². The molecule has 0 saturated carbocycles. The van der Waals surface area contributed by atoms with Crippen LogP contribution in [0.15, 0.2) is 72.0 Å². The largest absolute Gasteiger partial charge is 0.496 e. The molecule has 1 aromatic heterocycles. The molecule has 0 aliphatic heterocycles. The SMILES string of the molecule is C=CCNC(=O)/C(C#N)=c1\s/c(=C\c2ccccc2OC)c(=O)n1-c1ccccc1. The molecule has 1 N–H and O–H groups in total. The van der Waals surface area contributed by atoms with Gasteiger partial charge in [-0.05, 0) is 24.3 Å². The first-order chi connectivity index (χ1) is 14.6. The van der Waals surface area contributed by atoms with Crippen LogP contribution < -0.4 is 24.8 Å². The van der Waals surface area contributed by atoms with Crippen molar-refractivity contribution in [1.29, 1.82) is 5.26 Å². The Hall–Kier alpha value is -3.89. The molecule has 7 heteroatoms. The number of carbonyl (C=O) groups is 1. The van der Waals surface area contributed by atoms with E-state index in [0.717, 1.165) is 16.9 Å². The second-order valence-electron chi connectivity index (χ2n) is 6.12. The lowest BCUT2D eigenvalue weighted by Crippen LogP contribution is -2.33. The van der Waals surface area contributed by atoms with E-state index < -0.39 is 5.91 Å². The summed E-state index contributed by atoms with van der Waals surface area (Å²) in [6.45, 7) is 3.77. The van der Waals surface area contributed by atoms with Crippen LogP contribution in [0.4, 0.5) is 0 Å². The average Bonchev–Trinajstić information content (AvgIpc) is 3.09. The van der Waals surface area contributed by atoms with Gasteiger partial charge in [0.1, 0.15) is 16.5 Å². The molecule has 0 unspecified atom stereocenters. The summed E-state index contributed by atoms with van der Waals surface area (Å²) in [6.07, 6.45) is 3.22. The van der Waals surface area contributed by atoms with Gasteiger partial charge in [-0.15, -0.1) is 17.9 Å². The summed E-state index contributed by atoms with van der Waals surface area (Å²) in [5, 5.41) is 12.3. The molecule has 3 aromatic rings. The third-order valence-corrected chi connectivity index (χ3v) is 5.32. The first-order valence-electron chi connectivity index (χ1n) is 9.06. The molecule has 0 saturated heterocycles. The maximum absolute atomic E-state index is 13.3. The number of aromatic nitrogens is 1. The van der Waals surface area contributed by atoms with Crippen LogP contribution in [0, 0.1) is 11.3 Å². The topological polar surface area (TPSA) is 84.1 Å². The van der Waals surface area contributed by atoms with E-state index in [1.54, 1.807) is 43.5 Å². The van der Waals surface area contributed by atoms with E-state index in [1.807, 2.05) is 30.3 Å². The highest BCUT2D eigenvalue weighted by Crippen LogP contribution is 2.17. The highest BCUT2D eigenvalue weighted by molar-refractivity contribution is 7.07. The number of hydrogen-bond acceptors (Lipinski definition) is 5. The average molecular weight is 417 g/mol. The fourth-order valence-electron chi connectivity index (χ4n) is 2.84. The van der Waals surface area contributed by atoms with Gasteiger partial charge >= 0.3 is 0 Å². The van der Waals surface area contributed by atoms with Gasteiger partial charge in [-0.2, -0.15) is 5.26 Å². The molecule has 1 amide bonds. The Bertz CT molecular complexity index is 1300. The van der Waals surface area contributed by atoms with Gasteiger partial charge < -0.3 is 10.1 Å². The molecule has 30 heavy (non-hydrogen) atoms. The smallest absolute Gasteiger partial charge is 0.273 e. The zero-order chi connectivity index (χ0) is 21.5. The van der Waals surface area contributed by atoms with Crippen LogP contribution in [-0.4, -0.2) is 24.1 Å². The molecule has 3 rings (SSSR count). The monoisotopic (exact) mass is 417 g/mol. The number of rotatable bonds is 6. The summed E-state index contributed by atoms with van der Waals surface area (Å²) in [5.41, 5.74) is 0.830. The van der Waals surface area contributed by atoms with Gasteiger partial charge in [0.15, 0.2) is 5.57 Å². The lowest BCUT2D eigenvalue weighted by Gasteiger charge is -2.04. The molecule has 6 nitrogen and oxygen atoms in total. The number of para-hydroxylation sites is 2. The van der Waals surface area contributed by atoms with Crippen LogP contribution in [0.2, 0.25) is 0 Å². The zero-order valence-corrected chi connectivity index (χ0v) is 17.1. The predicted molar refractivity (Wildman–Crippen MR) is 118 cm³/mol. The summed E-state index contributed by atoms with van der Waals surface area (Å²) in [6, 6.07) is 18.2. The highest BCUT2D eigenvalue weighted by atomic mass is 32.1. The molecular formula is C23H19N3O3S. The predicted octanol–water partition coefficient (Wildman–Crippen LogP) is 1.71. The third kappa shape index (κ3) is 4.24. The van der Waals surface area contributed by atoms with Crippen molar-refractivity contribution in [1.82, 2.24) is 9.88 Å². The number of thiazole rings is 1. The summed E-state index contributed by atoms with van der Waals surface area (Å²) in [7, 11) is 1.56. The summed E-state index contributed by atoms with van der Waals surface area (Å²) in [4.78, 5) is 25.8. The molecule has 0 aliphatic carbocycles. The zero-order valence-electron chi connectivity index (χ0n) is 16.3. The van der Waals surface area contributed by atoms with Crippen molar-refractivity contribution in [3.05, 3.63) is 92.4 Å². The molecule has 2 aromatic carbocycles. The number of hydrogen-bond donors (Lipinski definition) is 1. The van der Waals surface area contributed by atoms with Gasteiger partial charge in [0.25, 0.3) is 11.5 Å². The Morgan fingerprint density at radius 1 is 1.23 bits per heavy atom. The van der Waals surface area contributed by atoms with E-state index in [9.17, 15) is 14.9 Å². The molecule has 0 bridgehead atoms. The number of methoxy groups -OCH3 is 1. The first kappa shape index (κ1) is 20.8. The van der Waals surface area contributed by atoms with Crippen molar-refractivity contribution in [3.8, 4) is 17.5 Å². The first-order valence-corrected chi connectivity index (χ1v) is 9.88. The van der Waals surface area contributed by atoms with E-state index in [-0.39, 0.29) is 22.3 Å². The van der Waals surface area contributed by atoms with Gasteiger partial charge in [0.05, 0.1) is 17.3 Å². The quantitative estimate of drug-likeness (QED) is 0.619. The number of benzene rings is 2. The number of amides is 1. The lowest BCUT2D eigenvalue weighted by atomic mass is 10.2. The van der Waals surface area contributed by atoms with Crippen molar-refractivity contribution in [3.63, 3.8) is 0 Å². The minimum Gasteiger partial charge on any atom is -0.496 e. The Labute approximate surface area is 177 Å². The van der Waals surface area contributed by atoms with Crippen molar-refractivity contribution >= 4 is 28.9 Å². The lowest BCUT2D eigenvalue weighted by molar-refractivity contribution is -0.115. The van der Waals surface area contributed by atoms with E-state index in [4.69, 9.17) is 4.74 Å². The Morgan fingerprint density at radius 2 is 1.93 bits per heavy atom. The molecule has 0 aliphatic rings. The second-order valence-corrected chi connectivity index (χ2v) is 7.15. The van der Waals surface area contributed by atoms with Crippen LogP contribution in [-0.2, 0) is 4.79 Å². The van der Waals surface area contributed by atoms with Crippen LogP contribution in [0.25, 0.3) is 17.3 Å². The maximum Gasteiger partial charge on any atom is 0.273 e. The second kappa shape index (κ2) is 9.54. The van der Waals surface area contributed by atoms with E-state index >= 15 is 0 Å². The maximum atomic E-state index is 13.3. The van der Waals surface area contributed by atoms with Gasteiger partial charge in [0.2, 0.25) is 0 Å². The van der Waals surface area contributed by atoms with Gasteiger partial charge in [-0.1, -0.05) is 42.5 Å². The number of nitriles is 1. The van der Waals surface area contributed by atoms with Crippen molar-refractivity contribution in [2.45, 2.75) is 0 Å². The van der Waals surface area contributed by atoms with E-state index in [1.165, 1.54) is 10.6 Å². The molecular weight excluding hydrogens is 398 g/mol. The Kier molecular flexibility index (Phi) is 6.63. The van der Waals surface area contributed by atoms with Crippen LogP contribution in [0.3, 0.4) is 0 Å². The van der Waals surface area contributed by atoms with Crippen LogP contribution in [0.1, 0.15) is 5.56 Å². The minimum atomic E-state index is -0.563.